The molecule has 1 saturated carbocycles. The van der Waals surface area contributed by atoms with Crippen LogP contribution >= 0.6 is 0 Å². The number of aliphatic carboxylic acids is 1. The Bertz CT molecular complexity index is 278. The first-order chi connectivity index (χ1) is 8.04. The molecule has 1 amide bonds. The molecule has 0 radical (unpaired) electrons. The standard InChI is InChI=1S/C13H23NO3/c1-3-5-9(2)8-12(15)14-11-7-4-6-10(11)13(16)17/h9-11H,3-8H2,1-2H3,(H,14,15)(H,16,17)/t9?,10-,11+/m0/s1. The molecular weight excluding hydrogens is 218 g/mol. The van der Waals surface area contributed by atoms with E-state index >= 15 is 0 Å². The van der Waals surface area contributed by atoms with E-state index in [9.17, 15) is 9.59 Å². The van der Waals surface area contributed by atoms with Gasteiger partial charge in [-0.1, -0.05) is 33.1 Å². The summed E-state index contributed by atoms with van der Waals surface area (Å²) in [7, 11) is 0. The molecule has 1 rings (SSSR count). The van der Waals surface area contributed by atoms with E-state index in [0.717, 1.165) is 25.7 Å². The van der Waals surface area contributed by atoms with Gasteiger partial charge in [0.05, 0.1) is 5.92 Å². The second-order valence-corrected chi connectivity index (χ2v) is 5.15. The zero-order valence-electron chi connectivity index (χ0n) is 10.7. The van der Waals surface area contributed by atoms with Crippen LogP contribution in [0.1, 0.15) is 52.4 Å². The van der Waals surface area contributed by atoms with Crippen molar-refractivity contribution in [1.82, 2.24) is 5.32 Å². The van der Waals surface area contributed by atoms with E-state index < -0.39 is 5.97 Å². The maximum atomic E-state index is 11.7. The minimum atomic E-state index is -0.783. The Morgan fingerprint density at radius 2 is 2.12 bits per heavy atom. The lowest BCUT2D eigenvalue weighted by Crippen LogP contribution is -2.40. The topological polar surface area (TPSA) is 66.4 Å². The first-order valence-corrected chi connectivity index (χ1v) is 6.56. The molecule has 0 saturated heterocycles. The van der Waals surface area contributed by atoms with Crippen molar-refractivity contribution in [3.63, 3.8) is 0 Å². The average Bonchev–Trinajstić information content (AvgIpc) is 2.65. The number of carboxylic acids is 1. The zero-order valence-corrected chi connectivity index (χ0v) is 10.7. The van der Waals surface area contributed by atoms with Crippen LogP contribution in [0.2, 0.25) is 0 Å². The third kappa shape index (κ3) is 4.36. The van der Waals surface area contributed by atoms with Gasteiger partial charge in [0.2, 0.25) is 5.91 Å². The van der Waals surface area contributed by atoms with Crippen molar-refractivity contribution in [3.8, 4) is 0 Å². The Balaban J connectivity index is 2.37. The van der Waals surface area contributed by atoms with Gasteiger partial charge < -0.3 is 10.4 Å². The average molecular weight is 241 g/mol. The van der Waals surface area contributed by atoms with Gasteiger partial charge in [-0.05, 0) is 18.8 Å². The van der Waals surface area contributed by atoms with Crippen molar-refractivity contribution in [2.75, 3.05) is 0 Å². The fourth-order valence-corrected chi connectivity index (χ4v) is 2.61. The molecule has 4 nitrogen and oxygen atoms in total. The molecule has 0 bridgehead atoms. The summed E-state index contributed by atoms with van der Waals surface area (Å²) < 4.78 is 0. The summed E-state index contributed by atoms with van der Waals surface area (Å²) in [6.45, 7) is 4.16. The summed E-state index contributed by atoms with van der Waals surface area (Å²) in [6, 6.07) is -0.158. The van der Waals surface area contributed by atoms with Crippen LogP contribution < -0.4 is 5.32 Å². The number of amides is 1. The highest BCUT2D eigenvalue weighted by atomic mass is 16.4. The molecule has 0 spiro atoms. The van der Waals surface area contributed by atoms with Gasteiger partial charge in [-0.3, -0.25) is 9.59 Å². The molecule has 1 fully saturated rings. The van der Waals surface area contributed by atoms with Crippen molar-refractivity contribution in [1.29, 1.82) is 0 Å². The quantitative estimate of drug-likeness (QED) is 0.749. The second-order valence-electron chi connectivity index (χ2n) is 5.15. The van der Waals surface area contributed by atoms with E-state index in [2.05, 4.69) is 19.2 Å². The molecule has 98 valence electrons. The van der Waals surface area contributed by atoms with E-state index in [1.807, 2.05) is 0 Å². The van der Waals surface area contributed by atoms with Crippen LogP contribution in [0.4, 0.5) is 0 Å². The van der Waals surface area contributed by atoms with Gasteiger partial charge in [-0.25, -0.2) is 0 Å². The van der Waals surface area contributed by atoms with Gasteiger partial charge in [0.1, 0.15) is 0 Å². The Kier molecular flexibility index (Phi) is 5.45. The van der Waals surface area contributed by atoms with E-state index in [-0.39, 0.29) is 17.9 Å². The normalized spacial score (nSPS) is 25.5. The first kappa shape index (κ1) is 14.0. The van der Waals surface area contributed by atoms with E-state index in [1.165, 1.54) is 0 Å². The summed E-state index contributed by atoms with van der Waals surface area (Å²) >= 11 is 0. The van der Waals surface area contributed by atoms with Crippen LogP contribution in [0.3, 0.4) is 0 Å². The van der Waals surface area contributed by atoms with Crippen LogP contribution in [0.15, 0.2) is 0 Å². The van der Waals surface area contributed by atoms with E-state index in [1.54, 1.807) is 0 Å². The Labute approximate surface area is 103 Å². The lowest BCUT2D eigenvalue weighted by Gasteiger charge is -2.18. The van der Waals surface area contributed by atoms with E-state index in [0.29, 0.717) is 18.8 Å². The fraction of sp³-hybridized carbons (Fsp3) is 0.846. The van der Waals surface area contributed by atoms with E-state index in [4.69, 9.17) is 5.11 Å². The lowest BCUT2D eigenvalue weighted by molar-refractivity contribution is -0.142. The zero-order chi connectivity index (χ0) is 12.8. The number of carbonyl (C=O) groups excluding carboxylic acids is 1. The molecule has 0 aliphatic heterocycles. The molecule has 3 atom stereocenters. The summed E-state index contributed by atoms with van der Waals surface area (Å²) in [5.41, 5.74) is 0. The Morgan fingerprint density at radius 1 is 1.41 bits per heavy atom. The largest absolute Gasteiger partial charge is 0.481 e. The minimum absolute atomic E-state index is 0.00380. The number of carboxylic acid groups (broad SMARTS) is 1. The third-order valence-corrected chi connectivity index (χ3v) is 3.49. The molecule has 0 aromatic carbocycles. The molecule has 4 heteroatoms. The third-order valence-electron chi connectivity index (χ3n) is 3.49. The number of carbonyl (C=O) groups is 2. The highest BCUT2D eigenvalue weighted by molar-refractivity contribution is 5.78. The number of hydrogen-bond donors (Lipinski definition) is 2. The molecule has 17 heavy (non-hydrogen) atoms. The van der Waals surface area contributed by atoms with Crippen LogP contribution in [0, 0.1) is 11.8 Å². The molecule has 0 heterocycles. The van der Waals surface area contributed by atoms with Crippen molar-refractivity contribution in [2.45, 2.75) is 58.4 Å². The van der Waals surface area contributed by atoms with Crippen molar-refractivity contribution >= 4 is 11.9 Å². The van der Waals surface area contributed by atoms with Gasteiger partial charge in [0.25, 0.3) is 0 Å². The predicted molar refractivity (Wildman–Crippen MR) is 65.6 cm³/mol. The number of rotatable bonds is 6. The maximum absolute atomic E-state index is 11.7. The molecule has 1 aliphatic carbocycles. The van der Waals surface area contributed by atoms with Gasteiger partial charge in [-0.2, -0.15) is 0 Å². The smallest absolute Gasteiger partial charge is 0.308 e. The van der Waals surface area contributed by atoms with Crippen molar-refractivity contribution < 1.29 is 14.7 Å². The van der Waals surface area contributed by atoms with Gasteiger partial charge >= 0.3 is 5.97 Å². The summed E-state index contributed by atoms with van der Waals surface area (Å²) in [6.07, 6.45) is 5.01. The highest BCUT2D eigenvalue weighted by Gasteiger charge is 2.33. The lowest BCUT2D eigenvalue weighted by atomic mass is 10.00. The summed E-state index contributed by atoms with van der Waals surface area (Å²) in [5.74, 6) is -0.788. The molecule has 1 unspecified atom stereocenters. The van der Waals surface area contributed by atoms with Crippen molar-refractivity contribution in [3.05, 3.63) is 0 Å². The number of nitrogens with one attached hydrogen (secondary N) is 1. The van der Waals surface area contributed by atoms with Crippen LogP contribution in [-0.4, -0.2) is 23.0 Å². The minimum Gasteiger partial charge on any atom is -0.481 e. The van der Waals surface area contributed by atoms with Crippen molar-refractivity contribution in [2.24, 2.45) is 11.8 Å². The summed E-state index contributed by atoms with van der Waals surface area (Å²) in [4.78, 5) is 22.7. The Hall–Kier alpha value is -1.06. The van der Waals surface area contributed by atoms with Gasteiger partial charge in [-0.15, -0.1) is 0 Å². The molecule has 0 aromatic heterocycles. The molecule has 1 aliphatic rings. The van der Waals surface area contributed by atoms with Crippen LogP contribution in [0.25, 0.3) is 0 Å². The molecule has 0 aromatic rings. The monoisotopic (exact) mass is 241 g/mol. The van der Waals surface area contributed by atoms with Gasteiger partial charge in [0, 0.05) is 12.5 Å². The second kappa shape index (κ2) is 6.62. The first-order valence-electron chi connectivity index (χ1n) is 6.56. The van der Waals surface area contributed by atoms with Crippen LogP contribution in [0.5, 0.6) is 0 Å². The predicted octanol–water partition coefficient (Wildman–Crippen LogP) is 2.18. The molecular formula is C13H23NO3. The number of hydrogen-bond acceptors (Lipinski definition) is 2. The maximum Gasteiger partial charge on any atom is 0.308 e. The van der Waals surface area contributed by atoms with Gasteiger partial charge in [0.15, 0.2) is 0 Å². The summed E-state index contributed by atoms with van der Waals surface area (Å²) in [5, 5.41) is 11.9. The van der Waals surface area contributed by atoms with Crippen LogP contribution in [-0.2, 0) is 9.59 Å². The SMILES string of the molecule is CCCC(C)CC(=O)N[C@@H]1CCC[C@@H]1C(=O)O. The highest BCUT2D eigenvalue weighted by Crippen LogP contribution is 2.26. The molecule has 2 N–H and O–H groups in total. The Morgan fingerprint density at radius 3 is 2.71 bits per heavy atom. The fourth-order valence-electron chi connectivity index (χ4n) is 2.61.